The summed E-state index contributed by atoms with van der Waals surface area (Å²) in [5, 5.41) is 2.96. The molecule has 1 atom stereocenters. The number of fused-ring (bicyclic) bond motifs is 1. The Morgan fingerprint density at radius 2 is 2.25 bits per heavy atom. The van der Waals surface area contributed by atoms with E-state index in [9.17, 15) is 9.18 Å². The van der Waals surface area contributed by atoms with Crippen LogP contribution in [0.25, 0.3) is 0 Å². The second kappa shape index (κ2) is 4.22. The van der Waals surface area contributed by atoms with Crippen molar-refractivity contribution in [2.24, 2.45) is 0 Å². The summed E-state index contributed by atoms with van der Waals surface area (Å²) in [5.74, 6) is -0.297. The summed E-state index contributed by atoms with van der Waals surface area (Å²) in [7, 11) is 1.74. The molecule has 0 saturated carbocycles. The zero-order chi connectivity index (χ0) is 11.7. The van der Waals surface area contributed by atoms with Crippen molar-refractivity contribution in [1.82, 2.24) is 5.32 Å². The molecule has 0 spiro atoms. The Hall–Kier alpha value is -1.42. The molecule has 1 aliphatic rings. The maximum absolute atomic E-state index is 13.2. The fourth-order valence-electron chi connectivity index (χ4n) is 2.14. The molecular formula is C12H15FN2O. The molecule has 1 aliphatic heterocycles. The molecule has 1 aromatic rings. The Morgan fingerprint density at radius 1 is 1.50 bits per heavy atom. The Bertz CT molecular complexity index is 419. The second-order valence-electron chi connectivity index (χ2n) is 3.91. The highest BCUT2D eigenvalue weighted by molar-refractivity contribution is 6.04. The van der Waals surface area contributed by atoms with E-state index in [0.717, 1.165) is 12.0 Å². The van der Waals surface area contributed by atoms with E-state index in [1.165, 1.54) is 12.1 Å². The van der Waals surface area contributed by atoms with Crippen LogP contribution in [0.3, 0.4) is 0 Å². The Morgan fingerprint density at radius 3 is 2.88 bits per heavy atom. The predicted molar refractivity (Wildman–Crippen MR) is 60.8 cm³/mol. The van der Waals surface area contributed by atoms with Crippen molar-refractivity contribution in [2.45, 2.75) is 19.4 Å². The first-order valence-electron chi connectivity index (χ1n) is 5.47. The summed E-state index contributed by atoms with van der Waals surface area (Å²) in [6.07, 6.45) is 0.859. The van der Waals surface area contributed by atoms with Gasteiger partial charge in [-0.15, -0.1) is 0 Å². The van der Waals surface area contributed by atoms with Crippen LogP contribution in [0.1, 0.15) is 24.9 Å². The third-order valence-corrected chi connectivity index (χ3v) is 2.84. The van der Waals surface area contributed by atoms with Crippen LogP contribution < -0.4 is 10.2 Å². The van der Waals surface area contributed by atoms with E-state index >= 15 is 0 Å². The number of hydrogen-bond donors (Lipinski definition) is 1. The number of nitrogens with zero attached hydrogens (tertiary/aromatic N) is 1. The van der Waals surface area contributed by atoms with Crippen molar-refractivity contribution >= 4 is 11.6 Å². The van der Waals surface area contributed by atoms with E-state index in [-0.39, 0.29) is 17.8 Å². The topological polar surface area (TPSA) is 32.3 Å². The van der Waals surface area contributed by atoms with Crippen molar-refractivity contribution in [2.75, 3.05) is 18.5 Å². The summed E-state index contributed by atoms with van der Waals surface area (Å²) in [4.78, 5) is 13.7. The van der Waals surface area contributed by atoms with Gasteiger partial charge in [-0.05, 0) is 25.6 Å². The van der Waals surface area contributed by atoms with Crippen LogP contribution >= 0.6 is 0 Å². The molecule has 0 saturated heterocycles. The molecule has 16 heavy (non-hydrogen) atoms. The number of nitrogens with one attached hydrogen (secondary N) is 1. The van der Waals surface area contributed by atoms with Crippen LogP contribution in [0, 0.1) is 5.82 Å². The highest BCUT2D eigenvalue weighted by Gasteiger charge is 2.35. The number of likely N-dealkylation sites (N-methyl/N-ethyl adjacent to an activating group) is 1. The van der Waals surface area contributed by atoms with E-state index < -0.39 is 0 Å². The molecule has 0 radical (unpaired) electrons. The third kappa shape index (κ3) is 1.59. The van der Waals surface area contributed by atoms with E-state index in [1.807, 2.05) is 6.92 Å². The van der Waals surface area contributed by atoms with Gasteiger partial charge >= 0.3 is 0 Å². The van der Waals surface area contributed by atoms with Gasteiger partial charge in [-0.3, -0.25) is 4.79 Å². The Balaban J connectivity index is 2.46. The molecule has 3 nitrogen and oxygen atoms in total. The molecule has 1 amide bonds. The van der Waals surface area contributed by atoms with Crippen LogP contribution in [0.5, 0.6) is 0 Å². The molecule has 1 unspecified atom stereocenters. The lowest BCUT2D eigenvalue weighted by atomic mass is 10.1. The van der Waals surface area contributed by atoms with Gasteiger partial charge in [0.1, 0.15) is 11.9 Å². The fraction of sp³-hybridized carbons (Fsp3) is 0.417. The van der Waals surface area contributed by atoms with Crippen molar-refractivity contribution in [3.05, 3.63) is 29.6 Å². The summed E-state index contributed by atoms with van der Waals surface area (Å²) < 4.78 is 13.2. The summed E-state index contributed by atoms with van der Waals surface area (Å²) in [5.41, 5.74) is 1.56. The Kier molecular flexibility index (Phi) is 2.92. The number of carbonyl (C=O) groups excluding carboxylic acids is 1. The third-order valence-electron chi connectivity index (χ3n) is 2.84. The molecule has 1 heterocycles. The zero-order valence-electron chi connectivity index (χ0n) is 9.46. The SMILES string of the molecule is CCCN1C(=O)C(NC)c2ccc(F)cc21. The number of halogens is 1. The highest BCUT2D eigenvalue weighted by atomic mass is 19.1. The lowest BCUT2D eigenvalue weighted by Crippen LogP contribution is -2.33. The molecule has 0 bridgehead atoms. The normalized spacial score (nSPS) is 19.1. The quantitative estimate of drug-likeness (QED) is 0.846. The number of anilines is 1. The van der Waals surface area contributed by atoms with Crippen molar-refractivity contribution in [1.29, 1.82) is 0 Å². The van der Waals surface area contributed by atoms with Crippen LogP contribution in [0.2, 0.25) is 0 Å². The first kappa shape index (κ1) is 11.1. The van der Waals surface area contributed by atoms with Crippen molar-refractivity contribution < 1.29 is 9.18 Å². The summed E-state index contributed by atoms with van der Waals surface area (Å²) >= 11 is 0. The minimum Gasteiger partial charge on any atom is -0.310 e. The molecule has 0 aliphatic carbocycles. The van der Waals surface area contributed by atoms with Crippen LogP contribution in [0.15, 0.2) is 18.2 Å². The minimum absolute atomic E-state index is 0.00458. The monoisotopic (exact) mass is 222 g/mol. The molecule has 0 aromatic heterocycles. The van der Waals surface area contributed by atoms with Crippen LogP contribution in [-0.4, -0.2) is 19.5 Å². The average Bonchev–Trinajstić information content (AvgIpc) is 2.52. The number of rotatable bonds is 3. The first-order chi connectivity index (χ1) is 7.69. The highest BCUT2D eigenvalue weighted by Crippen LogP contribution is 2.36. The van der Waals surface area contributed by atoms with Gasteiger partial charge in [0, 0.05) is 12.1 Å². The van der Waals surface area contributed by atoms with Gasteiger partial charge in [0.25, 0.3) is 0 Å². The number of carbonyl (C=O) groups is 1. The molecular weight excluding hydrogens is 207 g/mol. The predicted octanol–water partition coefficient (Wildman–Crippen LogP) is 1.84. The van der Waals surface area contributed by atoms with Crippen LogP contribution in [-0.2, 0) is 4.79 Å². The van der Waals surface area contributed by atoms with Gasteiger partial charge in [-0.25, -0.2) is 4.39 Å². The minimum atomic E-state index is -0.331. The van der Waals surface area contributed by atoms with Crippen molar-refractivity contribution in [3.63, 3.8) is 0 Å². The molecule has 1 aromatic carbocycles. The lowest BCUT2D eigenvalue weighted by Gasteiger charge is -2.16. The van der Waals surface area contributed by atoms with Gasteiger partial charge in [-0.1, -0.05) is 13.0 Å². The fourth-order valence-corrected chi connectivity index (χ4v) is 2.14. The number of benzene rings is 1. The number of amides is 1. The largest absolute Gasteiger partial charge is 0.310 e. The molecule has 86 valence electrons. The van der Waals surface area contributed by atoms with Gasteiger partial charge in [-0.2, -0.15) is 0 Å². The van der Waals surface area contributed by atoms with E-state index in [2.05, 4.69) is 5.32 Å². The summed E-state index contributed by atoms with van der Waals surface area (Å²) in [6.45, 7) is 2.63. The Labute approximate surface area is 94.3 Å². The van der Waals surface area contributed by atoms with Gasteiger partial charge in [0.2, 0.25) is 5.91 Å². The second-order valence-corrected chi connectivity index (χ2v) is 3.91. The standard InChI is InChI=1S/C12H15FN2O/c1-3-6-15-10-7-8(13)4-5-9(10)11(14-2)12(15)16/h4-5,7,11,14H,3,6H2,1-2H3. The van der Waals surface area contributed by atoms with Gasteiger partial charge in [0.15, 0.2) is 0 Å². The smallest absolute Gasteiger partial charge is 0.248 e. The van der Waals surface area contributed by atoms with Gasteiger partial charge in [0.05, 0.1) is 5.69 Å². The molecule has 0 fully saturated rings. The maximum Gasteiger partial charge on any atom is 0.248 e. The average molecular weight is 222 g/mol. The summed E-state index contributed by atoms with van der Waals surface area (Å²) in [6, 6.07) is 4.17. The van der Waals surface area contributed by atoms with Gasteiger partial charge < -0.3 is 10.2 Å². The number of hydrogen-bond acceptors (Lipinski definition) is 2. The molecule has 2 rings (SSSR count). The van der Waals surface area contributed by atoms with E-state index in [0.29, 0.717) is 12.2 Å². The zero-order valence-corrected chi connectivity index (χ0v) is 9.46. The van der Waals surface area contributed by atoms with E-state index in [1.54, 1.807) is 18.0 Å². The maximum atomic E-state index is 13.2. The molecule has 1 N–H and O–H groups in total. The first-order valence-corrected chi connectivity index (χ1v) is 5.47. The molecule has 4 heteroatoms. The van der Waals surface area contributed by atoms with E-state index in [4.69, 9.17) is 0 Å². The van der Waals surface area contributed by atoms with Crippen LogP contribution in [0.4, 0.5) is 10.1 Å². The van der Waals surface area contributed by atoms with Crippen molar-refractivity contribution in [3.8, 4) is 0 Å². The lowest BCUT2D eigenvalue weighted by molar-refractivity contribution is -0.119.